The van der Waals surface area contributed by atoms with Gasteiger partial charge in [-0.2, -0.15) is 4.98 Å². The first kappa shape index (κ1) is 27.5. The topological polar surface area (TPSA) is 148 Å². The predicted molar refractivity (Wildman–Crippen MR) is 149 cm³/mol. The number of fused-ring (bicyclic) bond motifs is 1. The van der Waals surface area contributed by atoms with Gasteiger partial charge in [-0.05, 0) is 30.3 Å². The molecule has 0 bridgehead atoms. The average molecular weight is 567 g/mol. The summed E-state index contributed by atoms with van der Waals surface area (Å²) in [5.74, 6) is 0.561. The van der Waals surface area contributed by atoms with Crippen LogP contribution >= 0.6 is 0 Å². The molecule has 13 heteroatoms. The number of aromatic nitrogens is 2. The summed E-state index contributed by atoms with van der Waals surface area (Å²) in [6.07, 6.45) is 2.93. The summed E-state index contributed by atoms with van der Waals surface area (Å²) in [5, 5.41) is 9.31. The molecular weight excluding hydrogens is 536 g/mol. The molecule has 0 atom stereocenters. The number of sulfone groups is 1. The van der Waals surface area contributed by atoms with Crippen LogP contribution in [0, 0.1) is 0 Å². The molecule has 3 heterocycles. The van der Waals surface area contributed by atoms with Gasteiger partial charge in [-0.3, -0.25) is 9.69 Å². The third-order valence-electron chi connectivity index (χ3n) is 6.32. The van der Waals surface area contributed by atoms with Gasteiger partial charge in [0, 0.05) is 62.6 Å². The maximum absolute atomic E-state index is 12.9. The Balaban J connectivity index is 1.21. The van der Waals surface area contributed by atoms with E-state index in [0.717, 1.165) is 19.6 Å². The van der Waals surface area contributed by atoms with E-state index < -0.39 is 9.84 Å². The molecule has 5 rings (SSSR count). The van der Waals surface area contributed by atoms with Gasteiger partial charge in [0.15, 0.2) is 9.84 Å². The number of benzene rings is 2. The van der Waals surface area contributed by atoms with Crippen LogP contribution in [0.5, 0.6) is 11.6 Å². The molecule has 2 aromatic heterocycles. The number of hydrogen-bond donors (Lipinski definition) is 3. The Kier molecular flexibility index (Phi) is 8.55. The van der Waals surface area contributed by atoms with Crippen molar-refractivity contribution < 1.29 is 27.1 Å². The second-order valence-electron chi connectivity index (χ2n) is 9.07. The van der Waals surface area contributed by atoms with Gasteiger partial charge in [0.05, 0.1) is 23.7 Å². The highest BCUT2D eigenvalue weighted by molar-refractivity contribution is 7.91. The van der Waals surface area contributed by atoms with E-state index >= 15 is 0 Å². The number of anilines is 2. The minimum absolute atomic E-state index is 0.161. The zero-order valence-electron chi connectivity index (χ0n) is 21.9. The number of morpholine rings is 1. The normalized spacial score (nSPS) is 14.2. The third-order valence-corrected chi connectivity index (χ3v) is 7.88. The standard InChI is InChI=1S/C27H30N6O6S/c1-28-26(34)23-17-38-24-16-20(5-6-22(23)24)39-25-7-8-30-27(32-25)31-19-3-2-4-21(15-19)40(35,36)18-29-9-10-33-11-13-37-14-12-33/h2-8,15-17,29H,9-14,18H2,1H3,(H,28,34)(H,30,31,32). The summed E-state index contributed by atoms with van der Waals surface area (Å²) in [4.78, 5) is 23.0. The smallest absolute Gasteiger partial charge is 0.254 e. The maximum Gasteiger partial charge on any atom is 0.254 e. The summed E-state index contributed by atoms with van der Waals surface area (Å²) in [6.45, 7) is 4.46. The number of carbonyl (C=O) groups is 1. The van der Waals surface area contributed by atoms with Crippen LogP contribution in [-0.2, 0) is 14.6 Å². The van der Waals surface area contributed by atoms with Crippen LogP contribution < -0.4 is 20.7 Å². The van der Waals surface area contributed by atoms with Crippen LogP contribution in [0.2, 0.25) is 0 Å². The van der Waals surface area contributed by atoms with Gasteiger partial charge in [-0.15, -0.1) is 0 Å². The van der Waals surface area contributed by atoms with Crippen LogP contribution in [0.25, 0.3) is 11.0 Å². The van der Waals surface area contributed by atoms with Gasteiger partial charge in [0.1, 0.15) is 23.5 Å². The third kappa shape index (κ3) is 6.74. The van der Waals surface area contributed by atoms with E-state index in [2.05, 4.69) is 30.8 Å². The Morgan fingerprint density at radius 3 is 2.80 bits per heavy atom. The molecule has 3 N–H and O–H groups in total. The summed E-state index contributed by atoms with van der Waals surface area (Å²) < 4.78 is 42.5. The lowest BCUT2D eigenvalue weighted by Gasteiger charge is -2.26. The lowest BCUT2D eigenvalue weighted by Crippen LogP contribution is -2.41. The van der Waals surface area contributed by atoms with Gasteiger partial charge in [-0.1, -0.05) is 6.07 Å². The molecule has 0 spiro atoms. The van der Waals surface area contributed by atoms with Gasteiger partial charge in [0.25, 0.3) is 5.91 Å². The van der Waals surface area contributed by atoms with Crippen molar-refractivity contribution in [2.75, 3.05) is 57.6 Å². The number of nitrogens with zero attached hydrogens (tertiary/aromatic N) is 3. The van der Waals surface area contributed by atoms with Crippen molar-refractivity contribution in [1.29, 1.82) is 0 Å². The highest BCUT2D eigenvalue weighted by atomic mass is 32.2. The Labute approximate surface area is 231 Å². The highest BCUT2D eigenvalue weighted by Gasteiger charge is 2.17. The van der Waals surface area contributed by atoms with Crippen LogP contribution in [0.15, 0.2) is 70.3 Å². The van der Waals surface area contributed by atoms with Gasteiger partial charge in [-0.25, -0.2) is 13.4 Å². The number of nitrogens with one attached hydrogen (secondary N) is 3. The Hall–Kier alpha value is -4.04. The average Bonchev–Trinajstić information content (AvgIpc) is 3.39. The molecule has 1 aliphatic rings. The van der Waals surface area contributed by atoms with Crippen molar-refractivity contribution in [1.82, 2.24) is 25.5 Å². The number of hydrogen-bond acceptors (Lipinski definition) is 11. The summed E-state index contributed by atoms with van der Waals surface area (Å²) in [6, 6.07) is 13.2. The lowest BCUT2D eigenvalue weighted by atomic mass is 10.1. The van der Waals surface area contributed by atoms with Crippen LogP contribution in [0.1, 0.15) is 10.4 Å². The molecule has 40 heavy (non-hydrogen) atoms. The summed E-state index contributed by atoms with van der Waals surface area (Å²) in [7, 11) is -1.99. The number of ether oxygens (including phenoxy) is 2. The molecule has 1 aliphatic heterocycles. The SMILES string of the molecule is CNC(=O)c1coc2cc(Oc3ccnc(Nc4cccc(S(=O)(=O)CNCCN5CCOCC5)c4)n3)ccc12. The van der Waals surface area contributed by atoms with Crippen molar-refractivity contribution >= 4 is 38.3 Å². The molecule has 0 radical (unpaired) electrons. The fraction of sp³-hybridized carbons (Fsp3) is 0.296. The van der Waals surface area contributed by atoms with E-state index in [1.807, 2.05) is 0 Å². The monoisotopic (exact) mass is 566 g/mol. The van der Waals surface area contributed by atoms with Gasteiger partial charge >= 0.3 is 0 Å². The summed E-state index contributed by atoms with van der Waals surface area (Å²) >= 11 is 0. The summed E-state index contributed by atoms with van der Waals surface area (Å²) in [5.41, 5.74) is 1.45. The van der Waals surface area contributed by atoms with Crippen molar-refractivity contribution in [3.05, 3.63) is 66.6 Å². The Morgan fingerprint density at radius 2 is 1.98 bits per heavy atom. The first-order valence-corrected chi connectivity index (χ1v) is 14.4. The highest BCUT2D eigenvalue weighted by Crippen LogP contribution is 2.28. The van der Waals surface area contributed by atoms with E-state index in [0.29, 0.717) is 47.7 Å². The Morgan fingerprint density at radius 1 is 1.12 bits per heavy atom. The largest absolute Gasteiger partial charge is 0.463 e. The number of carbonyl (C=O) groups excluding carboxylic acids is 1. The zero-order chi connectivity index (χ0) is 28.0. The van der Waals surface area contributed by atoms with E-state index in [9.17, 15) is 13.2 Å². The second-order valence-corrected chi connectivity index (χ2v) is 11.1. The maximum atomic E-state index is 12.9. The minimum atomic E-state index is -3.54. The first-order valence-electron chi connectivity index (χ1n) is 12.8. The molecule has 0 aliphatic carbocycles. The minimum Gasteiger partial charge on any atom is -0.463 e. The fourth-order valence-corrected chi connectivity index (χ4v) is 5.38. The quantitative estimate of drug-likeness (QED) is 0.230. The molecule has 12 nitrogen and oxygen atoms in total. The molecule has 0 saturated carbocycles. The van der Waals surface area contributed by atoms with E-state index in [1.165, 1.54) is 12.5 Å². The second kappa shape index (κ2) is 12.4. The Bertz CT molecular complexity index is 1590. The first-order chi connectivity index (χ1) is 19.4. The fourth-order valence-electron chi connectivity index (χ4n) is 4.21. The zero-order valence-corrected chi connectivity index (χ0v) is 22.7. The van der Waals surface area contributed by atoms with Crippen molar-refractivity contribution in [3.8, 4) is 11.6 Å². The van der Waals surface area contributed by atoms with E-state index in [4.69, 9.17) is 13.9 Å². The number of amides is 1. The molecule has 2 aromatic carbocycles. The van der Waals surface area contributed by atoms with Crippen molar-refractivity contribution in [3.63, 3.8) is 0 Å². The number of rotatable bonds is 11. The van der Waals surface area contributed by atoms with Gasteiger partial charge in [0.2, 0.25) is 11.8 Å². The molecular formula is C27H30N6O6S. The van der Waals surface area contributed by atoms with Crippen LogP contribution in [0.3, 0.4) is 0 Å². The molecule has 1 saturated heterocycles. The molecule has 210 valence electrons. The molecule has 1 amide bonds. The van der Waals surface area contributed by atoms with Gasteiger partial charge < -0.3 is 29.8 Å². The molecule has 0 unspecified atom stereocenters. The van der Waals surface area contributed by atoms with Crippen molar-refractivity contribution in [2.24, 2.45) is 0 Å². The van der Waals surface area contributed by atoms with Crippen LogP contribution in [-0.4, -0.2) is 81.5 Å². The van der Waals surface area contributed by atoms with Crippen LogP contribution in [0.4, 0.5) is 11.6 Å². The van der Waals surface area contributed by atoms with E-state index in [1.54, 1.807) is 55.6 Å². The van der Waals surface area contributed by atoms with E-state index in [-0.39, 0.29) is 28.5 Å². The number of furan rings is 1. The molecule has 1 fully saturated rings. The predicted octanol–water partition coefficient (Wildman–Crippen LogP) is 2.77. The lowest BCUT2D eigenvalue weighted by molar-refractivity contribution is 0.0386. The van der Waals surface area contributed by atoms with Crippen molar-refractivity contribution in [2.45, 2.75) is 4.90 Å². The molecule has 4 aromatic rings.